The van der Waals surface area contributed by atoms with E-state index < -0.39 is 5.97 Å². The molecule has 2 atom stereocenters. The average molecular weight is 275 g/mol. The van der Waals surface area contributed by atoms with E-state index in [1.165, 1.54) is 0 Å². The van der Waals surface area contributed by atoms with E-state index in [2.05, 4.69) is 5.32 Å². The van der Waals surface area contributed by atoms with Crippen molar-refractivity contribution in [2.24, 2.45) is 5.92 Å². The van der Waals surface area contributed by atoms with Gasteiger partial charge in [0, 0.05) is 11.6 Å². The van der Waals surface area contributed by atoms with Gasteiger partial charge in [-0.25, -0.2) is 0 Å². The number of nitrogens with one attached hydrogen (secondary N) is 1. The van der Waals surface area contributed by atoms with E-state index in [4.69, 9.17) is 9.84 Å². The van der Waals surface area contributed by atoms with Crippen LogP contribution in [0.2, 0.25) is 0 Å². The molecule has 0 spiro atoms. The zero-order valence-electron chi connectivity index (χ0n) is 11.0. The SMILES string of the molecule is O=C(O)CC(NC(=O)C1COc2ccccc21)C1CC1. The van der Waals surface area contributed by atoms with E-state index in [9.17, 15) is 9.59 Å². The van der Waals surface area contributed by atoms with Gasteiger partial charge in [0.25, 0.3) is 0 Å². The lowest BCUT2D eigenvalue weighted by molar-refractivity contribution is -0.138. The molecule has 1 aromatic rings. The van der Waals surface area contributed by atoms with Crippen LogP contribution in [0.3, 0.4) is 0 Å². The molecule has 0 radical (unpaired) electrons. The Bertz CT molecular complexity index is 538. The van der Waals surface area contributed by atoms with Crippen LogP contribution in [0.15, 0.2) is 24.3 Å². The van der Waals surface area contributed by atoms with Crippen molar-refractivity contribution in [1.82, 2.24) is 5.32 Å². The Morgan fingerprint density at radius 1 is 1.35 bits per heavy atom. The molecule has 106 valence electrons. The second kappa shape index (κ2) is 5.15. The predicted molar refractivity (Wildman–Crippen MR) is 71.6 cm³/mol. The number of aliphatic carboxylic acids is 1. The standard InChI is InChI=1S/C15H17NO4/c17-14(18)7-12(9-5-6-9)16-15(19)11-8-20-13-4-2-1-3-10(11)13/h1-4,9,11-12H,5-8H2,(H,16,19)(H,17,18). The molecule has 0 aromatic heterocycles. The smallest absolute Gasteiger partial charge is 0.305 e. The average Bonchev–Trinajstić information content (AvgIpc) is 3.16. The maximum absolute atomic E-state index is 12.3. The van der Waals surface area contributed by atoms with Crippen molar-refractivity contribution in [1.29, 1.82) is 0 Å². The summed E-state index contributed by atoms with van der Waals surface area (Å²) < 4.78 is 5.49. The highest BCUT2D eigenvalue weighted by Crippen LogP contribution is 2.36. The molecule has 5 nitrogen and oxygen atoms in total. The Morgan fingerprint density at radius 3 is 2.80 bits per heavy atom. The number of hydrogen-bond acceptors (Lipinski definition) is 3. The van der Waals surface area contributed by atoms with Crippen LogP contribution < -0.4 is 10.1 Å². The molecule has 1 aromatic carbocycles. The number of rotatable bonds is 5. The van der Waals surface area contributed by atoms with Crippen LogP contribution in [0.25, 0.3) is 0 Å². The molecule has 1 aliphatic heterocycles. The van der Waals surface area contributed by atoms with E-state index >= 15 is 0 Å². The van der Waals surface area contributed by atoms with Crippen molar-refractivity contribution in [3.63, 3.8) is 0 Å². The Balaban J connectivity index is 1.68. The van der Waals surface area contributed by atoms with Crippen LogP contribution in [0.5, 0.6) is 5.75 Å². The zero-order chi connectivity index (χ0) is 14.1. The number of para-hydroxylation sites is 1. The summed E-state index contributed by atoms with van der Waals surface area (Å²) >= 11 is 0. The van der Waals surface area contributed by atoms with Crippen LogP contribution in [0, 0.1) is 5.92 Å². The Hall–Kier alpha value is -2.04. The highest BCUT2D eigenvalue weighted by molar-refractivity contribution is 5.86. The molecule has 1 amide bonds. The van der Waals surface area contributed by atoms with Gasteiger partial charge >= 0.3 is 5.97 Å². The molecule has 2 N–H and O–H groups in total. The molecular formula is C15H17NO4. The second-order valence-corrected chi connectivity index (χ2v) is 5.45. The zero-order valence-corrected chi connectivity index (χ0v) is 11.0. The monoisotopic (exact) mass is 275 g/mol. The quantitative estimate of drug-likeness (QED) is 0.854. The fraction of sp³-hybridized carbons (Fsp3) is 0.467. The van der Waals surface area contributed by atoms with Crippen LogP contribution >= 0.6 is 0 Å². The molecule has 1 heterocycles. The molecule has 2 aliphatic rings. The summed E-state index contributed by atoms with van der Waals surface area (Å²) in [5.74, 6) is -0.277. The Kier molecular flexibility index (Phi) is 3.34. The molecule has 20 heavy (non-hydrogen) atoms. The molecule has 1 saturated carbocycles. The minimum atomic E-state index is -0.870. The van der Waals surface area contributed by atoms with Gasteiger partial charge in [0.2, 0.25) is 5.91 Å². The predicted octanol–water partition coefficient (Wildman–Crippen LogP) is 1.53. The maximum atomic E-state index is 12.3. The number of hydrogen-bond donors (Lipinski definition) is 2. The summed E-state index contributed by atoms with van der Waals surface area (Å²) in [6.07, 6.45) is 1.98. The molecule has 2 unspecified atom stereocenters. The first-order chi connectivity index (χ1) is 9.65. The summed E-state index contributed by atoms with van der Waals surface area (Å²) in [7, 11) is 0. The number of carboxylic acids is 1. The molecule has 1 fully saturated rings. The van der Waals surface area contributed by atoms with Crippen molar-refractivity contribution >= 4 is 11.9 Å². The highest BCUT2D eigenvalue weighted by Gasteiger charge is 2.37. The third kappa shape index (κ3) is 2.61. The van der Waals surface area contributed by atoms with Gasteiger partial charge in [-0.05, 0) is 24.8 Å². The van der Waals surface area contributed by atoms with Crippen LogP contribution in [0.4, 0.5) is 0 Å². The fourth-order valence-corrected chi connectivity index (χ4v) is 2.69. The molecule has 5 heteroatoms. The van der Waals surface area contributed by atoms with Gasteiger partial charge in [-0.15, -0.1) is 0 Å². The fourth-order valence-electron chi connectivity index (χ4n) is 2.69. The van der Waals surface area contributed by atoms with Crippen molar-refractivity contribution in [2.45, 2.75) is 31.2 Å². The minimum absolute atomic E-state index is 0.00830. The summed E-state index contributed by atoms with van der Waals surface area (Å²) in [5, 5.41) is 11.8. The van der Waals surface area contributed by atoms with Crippen molar-refractivity contribution in [3.8, 4) is 5.75 Å². The van der Waals surface area contributed by atoms with Crippen LogP contribution in [0.1, 0.15) is 30.7 Å². The van der Waals surface area contributed by atoms with E-state index in [0.29, 0.717) is 12.5 Å². The second-order valence-electron chi connectivity index (χ2n) is 5.45. The van der Waals surface area contributed by atoms with Crippen molar-refractivity contribution < 1.29 is 19.4 Å². The van der Waals surface area contributed by atoms with Gasteiger partial charge in [0.15, 0.2) is 0 Å². The summed E-state index contributed by atoms with van der Waals surface area (Å²) in [5.41, 5.74) is 0.884. The molecule has 0 bridgehead atoms. The van der Waals surface area contributed by atoms with Gasteiger partial charge in [-0.2, -0.15) is 0 Å². The number of amides is 1. The van der Waals surface area contributed by atoms with Crippen molar-refractivity contribution in [2.75, 3.05) is 6.61 Å². The number of carboxylic acid groups (broad SMARTS) is 1. The number of ether oxygens (including phenoxy) is 1. The lowest BCUT2D eigenvalue weighted by Crippen LogP contribution is -2.41. The van der Waals surface area contributed by atoms with Crippen LogP contribution in [-0.2, 0) is 9.59 Å². The maximum Gasteiger partial charge on any atom is 0.305 e. The van der Waals surface area contributed by atoms with E-state index in [1.807, 2.05) is 24.3 Å². The molecule has 1 aliphatic carbocycles. The van der Waals surface area contributed by atoms with Gasteiger partial charge < -0.3 is 15.2 Å². The van der Waals surface area contributed by atoms with Crippen molar-refractivity contribution in [3.05, 3.63) is 29.8 Å². The number of carbonyl (C=O) groups excluding carboxylic acids is 1. The third-order valence-corrected chi connectivity index (χ3v) is 3.93. The van der Waals surface area contributed by atoms with Gasteiger partial charge in [0.05, 0.1) is 6.42 Å². The van der Waals surface area contributed by atoms with Crippen LogP contribution in [-0.4, -0.2) is 29.6 Å². The number of fused-ring (bicyclic) bond motifs is 1. The highest BCUT2D eigenvalue weighted by atomic mass is 16.5. The summed E-state index contributed by atoms with van der Waals surface area (Å²) in [6.45, 7) is 0.329. The Labute approximate surface area is 116 Å². The van der Waals surface area contributed by atoms with Gasteiger partial charge in [-0.3, -0.25) is 9.59 Å². The molecular weight excluding hydrogens is 258 g/mol. The van der Waals surface area contributed by atoms with E-state index in [1.54, 1.807) is 0 Å². The lowest BCUT2D eigenvalue weighted by Gasteiger charge is -2.18. The molecule has 0 saturated heterocycles. The topological polar surface area (TPSA) is 75.6 Å². The Morgan fingerprint density at radius 2 is 2.10 bits per heavy atom. The largest absolute Gasteiger partial charge is 0.492 e. The first kappa shape index (κ1) is 13.0. The summed E-state index contributed by atoms with van der Waals surface area (Å²) in [4.78, 5) is 23.2. The van der Waals surface area contributed by atoms with Gasteiger partial charge in [-0.1, -0.05) is 18.2 Å². The van der Waals surface area contributed by atoms with E-state index in [-0.39, 0.29) is 24.3 Å². The summed E-state index contributed by atoms with van der Waals surface area (Å²) in [6, 6.07) is 7.22. The van der Waals surface area contributed by atoms with E-state index in [0.717, 1.165) is 24.2 Å². The first-order valence-corrected chi connectivity index (χ1v) is 6.89. The first-order valence-electron chi connectivity index (χ1n) is 6.89. The minimum Gasteiger partial charge on any atom is -0.492 e. The molecule has 3 rings (SSSR count). The van der Waals surface area contributed by atoms with Gasteiger partial charge in [0.1, 0.15) is 18.3 Å². The lowest BCUT2D eigenvalue weighted by atomic mass is 9.99. The normalized spacial score (nSPS) is 21.7. The number of benzene rings is 1. The number of carbonyl (C=O) groups is 2. The third-order valence-electron chi connectivity index (χ3n) is 3.93.